The fraction of sp³-hybridized carbons (Fsp3) is 0.319. The summed E-state index contributed by atoms with van der Waals surface area (Å²) in [7, 11) is 0. The Kier molecular flexibility index (Phi) is 17.3. The Hall–Kier alpha value is -7.56. The summed E-state index contributed by atoms with van der Waals surface area (Å²) >= 11 is 0. The summed E-state index contributed by atoms with van der Waals surface area (Å²) in [5.74, 6) is -9.91. The number of benzene rings is 4. The zero-order valence-electron chi connectivity index (χ0n) is 35.7. The Morgan fingerprint density at radius 3 is 1.12 bits per heavy atom. The molecule has 4 aromatic rings. The molecule has 6 atom stereocenters. The van der Waals surface area contributed by atoms with Crippen LogP contribution in [-0.4, -0.2) is 97.2 Å². The van der Waals surface area contributed by atoms with Crippen molar-refractivity contribution in [2.75, 3.05) is 0 Å². The zero-order valence-corrected chi connectivity index (χ0v) is 35.7. The molecule has 0 saturated heterocycles. The number of hydrogen-bond donors (Lipinski definition) is 9. The van der Waals surface area contributed by atoms with Gasteiger partial charge >= 0.3 is 23.9 Å². The van der Waals surface area contributed by atoms with Crippen LogP contribution in [0.15, 0.2) is 91.0 Å². The molecule has 0 aromatic heterocycles. The van der Waals surface area contributed by atoms with Crippen LogP contribution in [-0.2, 0) is 38.4 Å². The Labute approximate surface area is 368 Å². The summed E-state index contributed by atoms with van der Waals surface area (Å²) in [5, 5.41) is 59.4. The molecule has 0 radical (unpaired) electrons. The highest BCUT2D eigenvalue weighted by atomic mass is 16.4. The second-order valence-electron chi connectivity index (χ2n) is 15.7. The number of aromatic hydroxyl groups is 1. The quantitative estimate of drug-likeness (QED) is 0.0533. The van der Waals surface area contributed by atoms with Crippen molar-refractivity contribution in [2.45, 2.75) is 84.0 Å². The van der Waals surface area contributed by atoms with Crippen molar-refractivity contribution in [3.8, 4) is 5.75 Å². The van der Waals surface area contributed by atoms with Crippen LogP contribution in [0, 0.1) is 11.8 Å². The van der Waals surface area contributed by atoms with Crippen molar-refractivity contribution in [3.05, 3.63) is 136 Å². The van der Waals surface area contributed by atoms with Crippen LogP contribution in [0.5, 0.6) is 5.75 Å². The molecule has 17 nitrogen and oxygen atoms in total. The van der Waals surface area contributed by atoms with Crippen LogP contribution in [0.2, 0.25) is 0 Å². The first-order valence-electron chi connectivity index (χ1n) is 20.5. The van der Waals surface area contributed by atoms with E-state index in [1.807, 2.05) is 0 Å². The van der Waals surface area contributed by atoms with E-state index in [1.54, 1.807) is 58.0 Å². The molecule has 4 rings (SSSR count). The molecular formula is C47H52N4O13. The third-order valence-corrected chi connectivity index (χ3v) is 10.8. The summed E-state index contributed by atoms with van der Waals surface area (Å²) in [6, 6.07) is 16.4. The van der Waals surface area contributed by atoms with Gasteiger partial charge in [-0.1, -0.05) is 83.0 Å². The average molecular weight is 881 g/mol. The van der Waals surface area contributed by atoms with Gasteiger partial charge in [-0.15, -0.1) is 0 Å². The minimum atomic E-state index is -1.48. The molecule has 0 spiro atoms. The van der Waals surface area contributed by atoms with E-state index >= 15 is 0 Å². The second-order valence-corrected chi connectivity index (χ2v) is 15.7. The molecule has 0 bridgehead atoms. The molecule has 6 unspecified atom stereocenters. The number of amides is 4. The highest BCUT2D eigenvalue weighted by Crippen LogP contribution is 2.21. The number of carboxylic acid groups (broad SMARTS) is 4. The number of phenols is 1. The van der Waals surface area contributed by atoms with Crippen molar-refractivity contribution in [1.82, 2.24) is 21.3 Å². The monoisotopic (exact) mass is 880 g/mol. The van der Waals surface area contributed by atoms with Crippen LogP contribution >= 0.6 is 0 Å². The average Bonchev–Trinajstić information content (AvgIpc) is 3.26. The number of phenolic OH excluding ortho intramolecular Hbond substituents is 1. The summed E-state index contributed by atoms with van der Waals surface area (Å²) in [5.41, 5.74) is 0.764. The lowest BCUT2D eigenvalue weighted by molar-refractivity contribution is -0.141. The molecular weight excluding hydrogens is 829 g/mol. The van der Waals surface area contributed by atoms with Crippen LogP contribution in [0.3, 0.4) is 0 Å². The normalized spacial score (nSPS) is 13.8. The Bertz CT molecular complexity index is 2310. The van der Waals surface area contributed by atoms with Crippen molar-refractivity contribution >= 4 is 47.5 Å². The van der Waals surface area contributed by atoms with Crippen LogP contribution in [0.4, 0.5) is 0 Å². The van der Waals surface area contributed by atoms with E-state index in [0.717, 1.165) is 6.07 Å². The third kappa shape index (κ3) is 13.7. The van der Waals surface area contributed by atoms with Gasteiger partial charge < -0.3 is 46.8 Å². The lowest BCUT2D eigenvalue weighted by Gasteiger charge is -2.22. The van der Waals surface area contributed by atoms with Gasteiger partial charge in [-0.05, 0) is 89.0 Å². The molecule has 0 saturated carbocycles. The number of rotatable bonds is 22. The number of carboxylic acids is 4. The highest BCUT2D eigenvalue weighted by Gasteiger charge is 2.29. The number of aliphatic carboxylic acids is 4. The number of hydrogen-bond acceptors (Lipinski definition) is 9. The second kappa shape index (κ2) is 22.5. The maximum absolute atomic E-state index is 13.9. The fourth-order valence-corrected chi connectivity index (χ4v) is 6.76. The van der Waals surface area contributed by atoms with E-state index in [9.17, 15) is 63.9 Å². The van der Waals surface area contributed by atoms with Crippen molar-refractivity contribution < 1.29 is 63.9 Å². The van der Waals surface area contributed by atoms with Gasteiger partial charge in [0.25, 0.3) is 23.6 Å². The maximum atomic E-state index is 13.9. The topological polar surface area (TPSA) is 286 Å². The predicted octanol–water partition coefficient (Wildman–Crippen LogP) is 4.29. The smallest absolute Gasteiger partial charge is 0.326 e. The van der Waals surface area contributed by atoms with Crippen molar-refractivity contribution in [1.29, 1.82) is 0 Å². The zero-order chi connectivity index (χ0) is 47.2. The van der Waals surface area contributed by atoms with Gasteiger partial charge in [0.2, 0.25) is 0 Å². The number of carbonyl (C=O) groups is 8. The molecule has 17 heteroatoms. The lowest BCUT2D eigenvalue weighted by atomic mass is 9.94. The minimum Gasteiger partial charge on any atom is -0.508 e. The van der Waals surface area contributed by atoms with Gasteiger partial charge in [-0.2, -0.15) is 0 Å². The summed E-state index contributed by atoms with van der Waals surface area (Å²) in [4.78, 5) is 104. The molecule has 4 amide bonds. The van der Waals surface area contributed by atoms with Crippen LogP contribution in [0.1, 0.15) is 104 Å². The first-order chi connectivity index (χ1) is 30.3. The Morgan fingerprint density at radius 1 is 0.453 bits per heavy atom. The molecule has 4 aromatic carbocycles. The van der Waals surface area contributed by atoms with Crippen LogP contribution < -0.4 is 21.3 Å². The van der Waals surface area contributed by atoms with E-state index < -0.39 is 83.5 Å². The van der Waals surface area contributed by atoms with Gasteiger partial charge in [0.15, 0.2) is 0 Å². The maximum Gasteiger partial charge on any atom is 0.326 e. The van der Waals surface area contributed by atoms with E-state index in [1.165, 1.54) is 54.6 Å². The lowest BCUT2D eigenvalue weighted by Crippen LogP contribution is -2.45. The summed E-state index contributed by atoms with van der Waals surface area (Å²) in [6.45, 7) is 6.77. The van der Waals surface area contributed by atoms with E-state index in [-0.39, 0.29) is 58.4 Å². The fourth-order valence-electron chi connectivity index (χ4n) is 6.76. The first kappa shape index (κ1) is 49.1. The number of nitrogens with one attached hydrogen (secondary N) is 4. The molecule has 9 N–H and O–H groups in total. The summed E-state index contributed by atoms with van der Waals surface area (Å²) in [6.07, 6.45) is 0.312. The van der Waals surface area contributed by atoms with Gasteiger partial charge in [0.1, 0.15) is 29.9 Å². The van der Waals surface area contributed by atoms with E-state index in [0.29, 0.717) is 24.0 Å². The molecule has 0 aliphatic carbocycles. The van der Waals surface area contributed by atoms with Crippen molar-refractivity contribution in [2.24, 2.45) is 11.8 Å². The SMILES string of the molecule is CCC(C)C(NC(=O)c1cc(Cc2cc(C(=O)NC(Cc3ccccc3)C(=O)O)cc(C(=O)NC(Cc3ccc(O)cc3)C(=O)O)c2)cc(C(=O)NC(C(=O)O)C(C)CC)c1)C(=O)O. The molecule has 64 heavy (non-hydrogen) atoms. The third-order valence-electron chi connectivity index (χ3n) is 10.8. The molecule has 0 heterocycles. The number of carbonyl (C=O) groups excluding carboxylic acids is 4. The predicted molar refractivity (Wildman–Crippen MR) is 232 cm³/mol. The van der Waals surface area contributed by atoms with Gasteiger partial charge in [0.05, 0.1) is 0 Å². The first-order valence-corrected chi connectivity index (χ1v) is 20.5. The molecule has 0 aliphatic rings. The van der Waals surface area contributed by atoms with E-state index in [2.05, 4.69) is 21.3 Å². The van der Waals surface area contributed by atoms with Gasteiger partial charge in [-0.3, -0.25) is 19.2 Å². The van der Waals surface area contributed by atoms with Gasteiger partial charge in [-0.25, -0.2) is 19.2 Å². The highest BCUT2D eigenvalue weighted by molar-refractivity contribution is 6.03. The Morgan fingerprint density at radius 2 is 0.797 bits per heavy atom. The van der Waals surface area contributed by atoms with Crippen LogP contribution in [0.25, 0.3) is 0 Å². The molecule has 338 valence electrons. The summed E-state index contributed by atoms with van der Waals surface area (Å²) < 4.78 is 0. The molecule has 0 fully saturated rings. The van der Waals surface area contributed by atoms with Crippen molar-refractivity contribution in [3.63, 3.8) is 0 Å². The Balaban J connectivity index is 1.82. The van der Waals surface area contributed by atoms with E-state index in [4.69, 9.17) is 0 Å². The standard InChI is InChI=1S/C47H52N4O13/c1-5-25(3)38(46(61)62)50-42(55)33-19-30(20-34(24-33)43(56)51-39(47(63)64)26(4)6-2)16-29-17-31(40(53)48-36(44(57)58)21-27-10-8-7-9-11-27)23-32(18-29)41(54)49-37(45(59)60)22-28-12-14-35(52)15-13-28/h7-15,17-20,23-26,36-39,52H,5-6,16,21-22H2,1-4H3,(H,48,53)(H,49,54)(H,50,55)(H,51,56)(H,57,58)(H,59,60)(H,61,62)(H,63,64). The largest absolute Gasteiger partial charge is 0.508 e. The molecule has 0 aliphatic heterocycles. The van der Waals surface area contributed by atoms with Gasteiger partial charge in [0, 0.05) is 35.1 Å². The minimum absolute atomic E-state index is 0.0544.